The largest absolute Gasteiger partial charge is 0.491 e. The van der Waals surface area contributed by atoms with Crippen LogP contribution in [-0.4, -0.2) is 182 Å². The second-order valence-corrected chi connectivity index (χ2v) is 29.8. The lowest BCUT2D eigenvalue weighted by Crippen LogP contribution is -2.52. The zero-order chi connectivity index (χ0) is 78.0. The molecule has 3 fully saturated rings. The molecule has 3 aliphatic rings. The fraction of sp³-hybridized carbons (Fsp3) is 0.518. The van der Waals surface area contributed by atoms with Crippen LogP contribution in [0, 0.1) is 67.7 Å². The van der Waals surface area contributed by atoms with Gasteiger partial charge in [0.1, 0.15) is 84.0 Å². The van der Waals surface area contributed by atoms with E-state index in [0.29, 0.717) is 120 Å². The summed E-state index contributed by atoms with van der Waals surface area (Å²) in [7, 11) is 6.98. The fourth-order valence-corrected chi connectivity index (χ4v) is 14.7. The minimum absolute atomic E-state index is 0.144. The number of hydrogen-bond acceptors (Lipinski definition) is 25. The quantitative estimate of drug-likeness (QED) is 0.0202. The van der Waals surface area contributed by atoms with E-state index in [-0.39, 0.29) is 32.3 Å². The molecule has 0 bridgehead atoms. The molecule has 12 rings (SSSR count). The van der Waals surface area contributed by atoms with Gasteiger partial charge in [0, 0.05) is 73.4 Å². The summed E-state index contributed by atoms with van der Waals surface area (Å²) in [6.07, 6.45) is 13.7. The highest BCUT2D eigenvalue weighted by molar-refractivity contribution is 5.90. The first kappa shape index (κ1) is 82.4. The van der Waals surface area contributed by atoms with Crippen LogP contribution in [0.1, 0.15) is 153 Å². The number of likely N-dealkylation sites (N-methyl/N-ethyl adjacent to an activating group) is 4. The second kappa shape index (κ2) is 38.0. The number of carbonyl (C=O) groups excluding carboxylic acids is 1. The highest BCUT2D eigenvalue weighted by Crippen LogP contribution is 2.43. The van der Waals surface area contributed by atoms with Crippen LogP contribution in [0.5, 0.6) is 17.2 Å². The smallest absolute Gasteiger partial charge is 0.247 e. The van der Waals surface area contributed by atoms with E-state index in [1.165, 1.54) is 38.5 Å². The van der Waals surface area contributed by atoms with Gasteiger partial charge >= 0.3 is 0 Å². The van der Waals surface area contributed by atoms with E-state index >= 15 is 0 Å². The molecule has 9 aromatic rings. The maximum atomic E-state index is 12.9. The van der Waals surface area contributed by atoms with Crippen molar-refractivity contribution < 1.29 is 57.7 Å². The van der Waals surface area contributed by atoms with Crippen LogP contribution in [0.25, 0.3) is 67.9 Å². The number of nitrogens with one attached hydrogen (secondary N) is 5. The maximum absolute atomic E-state index is 12.9. The first-order valence-corrected chi connectivity index (χ1v) is 38.3. The molecule has 7 heterocycles. The molecule has 4 atom stereocenters. The summed E-state index contributed by atoms with van der Waals surface area (Å²) in [5, 5.41) is 68.5. The van der Waals surface area contributed by atoms with Crippen molar-refractivity contribution in [3.63, 3.8) is 0 Å². The Balaban J connectivity index is 0.000000174. The minimum atomic E-state index is -0.949. The van der Waals surface area contributed by atoms with Gasteiger partial charge in [-0.3, -0.25) is 4.79 Å². The average molecular weight is 1500 g/mol. The zero-order valence-electron chi connectivity index (χ0n) is 66.0. The van der Waals surface area contributed by atoms with E-state index in [1.807, 2.05) is 128 Å². The van der Waals surface area contributed by atoms with Gasteiger partial charge in [0.15, 0.2) is 17.5 Å². The highest BCUT2D eigenvalue weighted by Gasteiger charge is 2.43. The Morgan fingerprint density at radius 3 is 1.25 bits per heavy atom. The monoisotopic (exact) mass is 1500 g/mol. The van der Waals surface area contributed by atoms with Crippen LogP contribution < -0.4 is 40.8 Å². The number of rotatable bonds is 30. The molecule has 3 aromatic carbocycles. The van der Waals surface area contributed by atoms with Crippen molar-refractivity contribution in [1.29, 1.82) is 0 Å². The SMILES string of the molecule is CNCC(O)COc1cccc(-c2nc(CCC3(C)CCCCC3)c(C)c(-c3c(C)noc3C)n2)c1.CNCC(O)COc1cccc(-c2nc(CCC3(O)CCCCC3)c(C)c(-c3c(C)noc3C)n2)c1.CNCC(O)COc1cccc(-c2nc(NC3(C(=O)NC)CCOC3)c(C)c(-c3c(C)noc3C)n2)c1. The Bertz CT molecular complexity index is 4240. The Hall–Kier alpha value is -9.12. The first-order chi connectivity index (χ1) is 52.4. The average Bonchev–Trinajstić information content (AvgIpc) is 1.77. The van der Waals surface area contributed by atoms with E-state index in [4.69, 9.17) is 62.4 Å². The number of aliphatic hydroxyl groups excluding tert-OH is 3. The molecule has 26 nitrogen and oxygen atoms in total. The van der Waals surface area contributed by atoms with Crippen LogP contribution in [0.4, 0.5) is 5.82 Å². The van der Waals surface area contributed by atoms with Crippen molar-refractivity contribution in [3.05, 3.63) is 135 Å². The number of aliphatic hydroxyl groups is 4. The fourth-order valence-electron chi connectivity index (χ4n) is 14.7. The normalized spacial score (nSPS) is 16.8. The molecular formula is C83H112N14O12. The van der Waals surface area contributed by atoms with Crippen LogP contribution in [0.2, 0.25) is 0 Å². The number of benzene rings is 3. The van der Waals surface area contributed by atoms with E-state index in [9.17, 15) is 25.2 Å². The lowest BCUT2D eigenvalue weighted by Gasteiger charge is -2.33. The van der Waals surface area contributed by atoms with Crippen LogP contribution in [0.3, 0.4) is 0 Å². The molecule has 9 N–H and O–H groups in total. The summed E-state index contributed by atoms with van der Waals surface area (Å²) in [5.74, 6) is 6.06. The Kier molecular flexibility index (Phi) is 28.7. The molecule has 0 spiro atoms. The van der Waals surface area contributed by atoms with Crippen molar-refractivity contribution in [3.8, 4) is 85.2 Å². The molecule has 0 radical (unpaired) electrons. The molecule has 2 saturated carbocycles. The van der Waals surface area contributed by atoms with Crippen molar-refractivity contribution in [1.82, 2.24) is 66.6 Å². The van der Waals surface area contributed by atoms with Crippen LogP contribution >= 0.6 is 0 Å². The second-order valence-electron chi connectivity index (χ2n) is 29.8. The Morgan fingerprint density at radius 2 is 0.881 bits per heavy atom. The summed E-state index contributed by atoms with van der Waals surface area (Å²) in [5.41, 5.74) is 13.3. The number of aromatic nitrogens is 9. The number of amides is 1. The van der Waals surface area contributed by atoms with Gasteiger partial charge in [0.2, 0.25) is 5.91 Å². The summed E-state index contributed by atoms with van der Waals surface area (Å²) >= 11 is 0. The van der Waals surface area contributed by atoms with E-state index in [0.717, 1.165) is 123 Å². The van der Waals surface area contributed by atoms with E-state index in [1.54, 1.807) is 28.2 Å². The molecule has 586 valence electrons. The lowest BCUT2D eigenvalue weighted by molar-refractivity contribution is -0.125. The zero-order valence-corrected chi connectivity index (χ0v) is 66.0. The molecular weight excluding hydrogens is 1380 g/mol. The van der Waals surface area contributed by atoms with Gasteiger partial charge in [0.05, 0.1) is 63.1 Å². The highest BCUT2D eigenvalue weighted by atomic mass is 16.5. The minimum Gasteiger partial charge on any atom is -0.491 e. The van der Waals surface area contributed by atoms with Crippen molar-refractivity contribution in [2.24, 2.45) is 5.41 Å². The summed E-state index contributed by atoms with van der Waals surface area (Å²) in [6.45, 7) is 22.5. The van der Waals surface area contributed by atoms with Crippen molar-refractivity contribution >= 4 is 11.7 Å². The molecule has 1 saturated heterocycles. The Morgan fingerprint density at radius 1 is 0.495 bits per heavy atom. The van der Waals surface area contributed by atoms with Gasteiger partial charge in [-0.25, -0.2) is 29.9 Å². The third-order valence-electron chi connectivity index (χ3n) is 21.1. The number of anilines is 1. The molecule has 2 aliphatic carbocycles. The topological polar surface area (TPSA) is 350 Å². The van der Waals surface area contributed by atoms with Gasteiger partial charge < -0.3 is 79.5 Å². The van der Waals surface area contributed by atoms with Crippen LogP contribution in [0.15, 0.2) is 86.4 Å². The number of carbonyl (C=O) groups is 1. The number of nitrogens with zero attached hydrogens (tertiary/aromatic N) is 9. The summed E-state index contributed by atoms with van der Waals surface area (Å²) in [4.78, 5) is 42.6. The predicted molar refractivity (Wildman–Crippen MR) is 420 cm³/mol. The van der Waals surface area contributed by atoms with E-state index in [2.05, 4.69) is 55.9 Å². The number of aryl methyl sites for hydroxylation is 8. The standard InChI is InChI=1S/C29H40N4O3.C28H38N4O4.C26H34N6O5/c1-19-25(12-15-29(4)13-7-6-8-14-29)31-28(32-27(19)26-20(2)33-36-21(26)3)22-10-9-11-24(16-22)35-18-23(34)17-30-5;1-18-24(11-14-28(34)12-6-5-7-13-28)30-27(31-26(18)25-19(2)32-36-20(25)3)21-9-8-10-23(15-21)35-17-22(33)16-29-4;1-15-22(21-16(2)32-37-17(21)3)29-24(18-7-6-8-20(11-18)36-13-19(33)12-27-4)30-23(15)31-26(25(34)28-5)9-10-35-14-26/h9-11,16,23,30,34H,6-8,12-15,17-18H2,1-5H3;8-10,15,22,29,33-34H,5-7,11-14,16-17H2,1-4H3;6-8,11,19,27,33H,9-10,12-14H2,1-5H3,(H,28,34)(H,29,30,31). The number of ether oxygens (including phenoxy) is 4. The molecule has 1 amide bonds. The van der Waals surface area contributed by atoms with Gasteiger partial charge in [-0.1, -0.05) is 97.3 Å². The molecule has 1 aliphatic heterocycles. The van der Waals surface area contributed by atoms with Crippen molar-refractivity contribution in [2.75, 3.05) is 86.2 Å². The summed E-state index contributed by atoms with van der Waals surface area (Å²) in [6, 6.07) is 22.8. The number of hydrogen-bond donors (Lipinski definition) is 9. The van der Waals surface area contributed by atoms with E-state index < -0.39 is 29.5 Å². The third-order valence-corrected chi connectivity index (χ3v) is 21.1. The Labute approximate surface area is 640 Å². The van der Waals surface area contributed by atoms with Crippen molar-refractivity contribution in [2.45, 2.75) is 195 Å². The third kappa shape index (κ3) is 21.1. The summed E-state index contributed by atoms with van der Waals surface area (Å²) < 4.78 is 39.4. The maximum Gasteiger partial charge on any atom is 0.247 e. The van der Waals surface area contributed by atoms with Gasteiger partial charge in [-0.15, -0.1) is 0 Å². The molecule has 26 heteroatoms. The first-order valence-electron chi connectivity index (χ1n) is 38.3. The predicted octanol–water partition coefficient (Wildman–Crippen LogP) is 11.9. The molecule has 6 aromatic heterocycles. The molecule has 4 unspecified atom stereocenters. The lowest BCUT2D eigenvalue weighted by atomic mass is 9.72. The van der Waals surface area contributed by atoms with Gasteiger partial charge in [0.25, 0.3) is 0 Å². The van der Waals surface area contributed by atoms with Gasteiger partial charge in [-0.05, 0) is 188 Å². The molecule has 109 heavy (non-hydrogen) atoms. The van der Waals surface area contributed by atoms with Gasteiger partial charge in [-0.2, -0.15) is 0 Å². The van der Waals surface area contributed by atoms with Crippen LogP contribution in [-0.2, 0) is 22.4 Å².